The van der Waals surface area contributed by atoms with Crippen molar-refractivity contribution >= 4 is 21.6 Å². The number of methoxy groups -OCH3 is 1. The number of hydrogen-bond donors (Lipinski definition) is 0. The quantitative estimate of drug-likeness (QED) is 0.151. The number of rotatable bonds is 13. The third-order valence-electron chi connectivity index (χ3n) is 8.30. The molecule has 2 rings (SSSR count). The van der Waals surface area contributed by atoms with Crippen LogP contribution in [0.2, 0.25) is 37.3 Å². The zero-order valence-corrected chi connectivity index (χ0v) is 26.1. The van der Waals surface area contributed by atoms with Gasteiger partial charge in [0.2, 0.25) is 0 Å². The van der Waals surface area contributed by atoms with E-state index < -0.39 is 16.4 Å². The molecule has 0 aliphatic heterocycles. The van der Waals surface area contributed by atoms with Crippen molar-refractivity contribution in [1.29, 1.82) is 0 Å². The summed E-state index contributed by atoms with van der Waals surface area (Å²) in [5, 5.41) is 1.76. The molecule has 0 unspecified atom stereocenters. The van der Waals surface area contributed by atoms with E-state index in [4.69, 9.17) is 13.9 Å². The van der Waals surface area contributed by atoms with E-state index in [-0.39, 0.29) is 11.1 Å². The molecule has 3 atom stereocenters. The van der Waals surface area contributed by atoms with Gasteiger partial charge in [-0.2, -0.15) is 0 Å². The first-order chi connectivity index (χ1) is 16.3. The molecule has 0 aromatic heterocycles. The third-order valence-corrected chi connectivity index (χ3v) is 16.2. The lowest BCUT2D eigenvalue weighted by molar-refractivity contribution is -0.0319. The van der Waals surface area contributed by atoms with E-state index in [1.807, 2.05) is 0 Å². The molecule has 198 valence electrons. The standard InChI is InChI=1S/C30H52O3Si2/c1-24(15-14-19-32-23-31-6)28-22-26(18-20-34(7,8)27-16-12-11-13-17-27)29(21-25(28)2)33-35(9,10)30(3,4)5/h11-13,16-17,22,24,26,29H,2,14-15,18-21,23H2,1,3-10H3/t24-,26-,29+/m0/s1. The van der Waals surface area contributed by atoms with Gasteiger partial charge in [-0.05, 0) is 60.9 Å². The zero-order valence-electron chi connectivity index (χ0n) is 24.1. The maximum Gasteiger partial charge on any atom is 0.192 e. The summed E-state index contributed by atoms with van der Waals surface area (Å²) in [5.41, 5.74) is 2.73. The van der Waals surface area contributed by atoms with E-state index in [0.29, 0.717) is 18.6 Å². The molecule has 0 saturated carbocycles. The minimum absolute atomic E-state index is 0.205. The van der Waals surface area contributed by atoms with Crippen molar-refractivity contribution in [3.63, 3.8) is 0 Å². The average molecular weight is 517 g/mol. The highest BCUT2D eigenvalue weighted by Crippen LogP contribution is 2.43. The smallest absolute Gasteiger partial charge is 0.192 e. The molecule has 3 nitrogen and oxygen atoms in total. The van der Waals surface area contributed by atoms with Crippen LogP contribution in [0.3, 0.4) is 0 Å². The second-order valence-corrected chi connectivity index (χ2v) is 22.3. The third kappa shape index (κ3) is 8.82. The van der Waals surface area contributed by atoms with Gasteiger partial charge >= 0.3 is 0 Å². The molecule has 0 bridgehead atoms. The summed E-state index contributed by atoms with van der Waals surface area (Å²) < 4.78 is 17.6. The molecule has 0 N–H and O–H groups in total. The molecular weight excluding hydrogens is 464 g/mol. The van der Waals surface area contributed by atoms with Crippen molar-refractivity contribution in [3.8, 4) is 0 Å². The Morgan fingerprint density at radius 2 is 1.74 bits per heavy atom. The highest BCUT2D eigenvalue weighted by atomic mass is 28.4. The van der Waals surface area contributed by atoms with Crippen LogP contribution < -0.4 is 5.19 Å². The van der Waals surface area contributed by atoms with Crippen molar-refractivity contribution < 1.29 is 13.9 Å². The zero-order chi connectivity index (χ0) is 26.3. The van der Waals surface area contributed by atoms with Gasteiger partial charge in [0.1, 0.15) is 6.79 Å². The average Bonchev–Trinajstić information content (AvgIpc) is 2.78. The normalized spacial score (nSPS) is 20.6. The van der Waals surface area contributed by atoms with E-state index in [1.54, 1.807) is 12.3 Å². The Morgan fingerprint density at radius 3 is 2.34 bits per heavy atom. The lowest BCUT2D eigenvalue weighted by Gasteiger charge is -2.44. The number of ether oxygens (including phenoxy) is 2. The molecule has 0 heterocycles. The number of allylic oxidation sites excluding steroid dienone is 1. The molecule has 0 radical (unpaired) electrons. The summed E-state index contributed by atoms with van der Waals surface area (Å²) in [6.07, 6.45) is 7.09. The van der Waals surface area contributed by atoms with Gasteiger partial charge < -0.3 is 13.9 Å². The predicted molar refractivity (Wildman–Crippen MR) is 157 cm³/mol. The summed E-state index contributed by atoms with van der Waals surface area (Å²) in [7, 11) is -1.72. The highest BCUT2D eigenvalue weighted by Gasteiger charge is 2.42. The Hall–Kier alpha value is -0.986. The van der Waals surface area contributed by atoms with Crippen LogP contribution in [0.4, 0.5) is 0 Å². The van der Waals surface area contributed by atoms with E-state index in [9.17, 15) is 0 Å². The molecule has 1 aromatic rings. The number of hydrogen-bond acceptors (Lipinski definition) is 3. The lowest BCUT2D eigenvalue weighted by Crippen LogP contribution is -2.47. The fourth-order valence-corrected chi connectivity index (χ4v) is 8.59. The van der Waals surface area contributed by atoms with Gasteiger partial charge in [-0.1, -0.05) is 95.0 Å². The summed E-state index contributed by atoms with van der Waals surface area (Å²) in [4.78, 5) is 0. The summed E-state index contributed by atoms with van der Waals surface area (Å²) >= 11 is 0. The van der Waals surface area contributed by atoms with Crippen LogP contribution in [0.1, 0.15) is 53.4 Å². The van der Waals surface area contributed by atoms with Crippen molar-refractivity contribution in [2.45, 2.75) is 96.8 Å². The first-order valence-corrected chi connectivity index (χ1v) is 19.6. The van der Waals surface area contributed by atoms with E-state index in [1.165, 1.54) is 23.6 Å². The van der Waals surface area contributed by atoms with E-state index >= 15 is 0 Å². The summed E-state index contributed by atoms with van der Waals surface area (Å²) in [6, 6.07) is 12.4. The van der Waals surface area contributed by atoms with Crippen LogP contribution in [0.15, 0.2) is 54.1 Å². The largest absolute Gasteiger partial charge is 0.413 e. The van der Waals surface area contributed by atoms with Gasteiger partial charge in [0, 0.05) is 19.6 Å². The summed E-state index contributed by atoms with van der Waals surface area (Å²) in [5.74, 6) is 0.941. The number of benzene rings is 1. The molecule has 1 aliphatic rings. The van der Waals surface area contributed by atoms with Crippen LogP contribution in [0.5, 0.6) is 0 Å². The van der Waals surface area contributed by atoms with Gasteiger partial charge in [0.15, 0.2) is 8.32 Å². The van der Waals surface area contributed by atoms with Gasteiger partial charge in [0.25, 0.3) is 0 Å². The van der Waals surface area contributed by atoms with Crippen LogP contribution in [0.25, 0.3) is 0 Å². The Morgan fingerprint density at radius 1 is 1.09 bits per heavy atom. The van der Waals surface area contributed by atoms with Gasteiger partial charge in [-0.15, -0.1) is 0 Å². The van der Waals surface area contributed by atoms with Crippen LogP contribution in [-0.4, -0.2) is 43.0 Å². The minimum Gasteiger partial charge on any atom is -0.413 e. The van der Waals surface area contributed by atoms with Crippen LogP contribution in [-0.2, 0) is 13.9 Å². The molecule has 0 amide bonds. The van der Waals surface area contributed by atoms with Crippen molar-refractivity contribution in [2.75, 3.05) is 20.5 Å². The topological polar surface area (TPSA) is 27.7 Å². The Balaban J connectivity index is 2.21. The van der Waals surface area contributed by atoms with Gasteiger partial charge in [-0.25, -0.2) is 0 Å². The maximum absolute atomic E-state index is 7.07. The second kappa shape index (κ2) is 13.0. The monoisotopic (exact) mass is 516 g/mol. The van der Waals surface area contributed by atoms with Crippen molar-refractivity contribution in [2.24, 2.45) is 11.8 Å². The lowest BCUT2D eigenvalue weighted by atomic mass is 9.78. The van der Waals surface area contributed by atoms with Crippen molar-refractivity contribution in [1.82, 2.24) is 0 Å². The molecule has 0 saturated heterocycles. The van der Waals surface area contributed by atoms with E-state index in [0.717, 1.165) is 25.9 Å². The molecule has 5 heteroatoms. The van der Waals surface area contributed by atoms with Crippen LogP contribution in [0, 0.1) is 11.8 Å². The fraction of sp³-hybridized carbons (Fsp3) is 0.667. The molecule has 1 aliphatic carbocycles. The van der Waals surface area contributed by atoms with E-state index in [2.05, 4.69) is 96.9 Å². The molecule has 35 heavy (non-hydrogen) atoms. The van der Waals surface area contributed by atoms with Gasteiger partial charge in [-0.3, -0.25) is 0 Å². The van der Waals surface area contributed by atoms with Crippen molar-refractivity contribution in [3.05, 3.63) is 54.1 Å². The Labute approximate surface area is 218 Å². The summed E-state index contributed by atoms with van der Waals surface area (Å²) in [6.45, 7) is 24.8. The second-order valence-electron chi connectivity index (χ2n) is 12.7. The maximum atomic E-state index is 7.07. The van der Waals surface area contributed by atoms with Gasteiger partial charge in [0.05, 0.1) is 14.2 Å². The predicted octanol–water partition coefficient (Wildman–Crippen LogP) is 7.92. The first-order valence-electron chi connectivity index (χ1n) is 13.5. The molecule has 0 spiro atoms. The Bertz CT molecular complexity index is 824. The first kappa shape index (κ1) is 30.2. The van der Waals surface area contributed by atoms with Crippen LogP contribution >= 0.6 is 0 Å². The SMILES string of the molecule is C=C1C[C@@H](O[Si](C)(C)C(C)(C)C)[C@@H](CC[Si](C)(C)c2ccccc2)C=C1[C@@H](C)CCCOCOC. The Kier molecular flexibility index (Phi) is 11.2. The molecule has 1 aromatic carbocycles. The fourth-order valence-electron chi connectivity index (χ4n) is 4.78. The highest BCUT2D eigenvalue weighted by molar-refractivity contribution is 6.89. The molecular formula is C30H52O3Si2. The minimum atomic E-state index is -1.87. The molecule has 0 fully saturated rings.